The van der Waals surface area contributed by atoms with Crippen molar-refractivity contribution in [1.29, 1.82) is 0 Å². The van der Waals surface area contributed by atoms with Crippen LogP contribution in [0, 0.1) is 0 Å². The number of hydrogen-bond donors (Lipinski definition) is 1. The van der Waals surface area contributed by atoms with Gasteiger partial charge in [0.15, 0.2) is 0 Å². The van der Waals surface area contributed by atoms with E-state index in [1.165, 1.54) is 24.4 Å². The first kappa shape index (κ1) is 17.5. The van der Waals surface area contributed by atoms with Crippen LogP contribution in [-0.4, -0.2) is 15.7 Å². The van der Waals surface area contributed by atoms with Gasteiger partial charge in [-0.3, -0.25) is 9.48 Å². The number of thiophene rings is 1. The topological polar surface area (TPSA) is 46.9 Å². The molecule has 0 saturated carbocycles. The van der Waals surface area contributed by atoms with Crippen molar-refractivity contribution in [2.75, 3.05) is 5.32 Å². The lowest BCUT2D eigenvalue weighted by Gasteiger charge is -2.12. The van der Waals surface area contributed by atoms with Gasteiger partial charge in [0.05, 0.1) is 33.9 Å². The zero-order valence-electron chi connectivity index (χ0n) is 12.5. The minimum absolute atomic E-state index is 0.270. The molecule has 3 rings (SSSR count). The van der Waals surface area contributed by atoms with Crippen LogP contribution in [0.15, 0.2) is 48.1 Å². The molecule has 1 amide bonds. The third-order valence-corrected chi connectivity index (χ3v) is 4.48. The second kappa shape index (κ2) is 6.89. The Morgan fingerprint density at radius 2 is 2.08 bits per heavy atom. The number of para-hydroxylation sites is 1. The van der Waals surface area contributed by atoms with E-state index in [2.05, 4.69) is 10.4 Å². The maximum Gasteiger partial charge on any atom is 0.418 e. The smallest absolute Gasteiger partial charge is 0.321 e. The molecule has 2 aromatic heterocycles. The van der Waals surface area contributed by atoms with Crippen LogP contribution in [0.2, 0.25) is 5.02 Å². The first-order valence-corrected chi connectivity index (χ1v) is 8.31. The Morgan fingerprint density at radius 3 is 2.76 bits per heavy atom. The number of alkyl halides is 3. The SMILES string of the molecule is O=C(Nc1ccccc1C(F)(F)F)c1cc(Cn2cc(Cl)cn2)cs1. The van der Waals surface area contributed by atoms with Crippen molar-refractivity contribution in [3.05, 3.63) is 69.1 Å². The number of rotatable bonds is 4. The molecule has 2 heterocycles. The Kier molecular flexibility index (Phi) is 4.82. The molecule has 130 valence electrons. The summed E-state index contributed by atoms with van der Waals surface area (Å²) in [6, 6.07) is 6.48. The fraction of sp³-hybridized carbons (Fsp3) is 0.125. The second-order valence-electron chi connectivity index (χ2n) is 5.17. The minimum Gasteiger partial charge on any atom is -0.321 e. The number of halogens is 4. The van der Waals surface area contributed by atoms with Gasteiger partial charge in [-0.15, -0.1) is 11.3 Å². The Labute approximate surface area is 149 Å². The molecule has 0 aliphatic carbocycles. The summed E-state index contributed by atoms with van der Waals surface area (Å²) in [6.07, 6.45) is -1.40. The van der Waals surface area contributed by atoms with E-state index >= 15 is 0 Å². The summed E-state index contributed by atoms with van der Waals surface area (Å²) in [4.78, 5) is 12.6. The molecule has 0 fully saturated rings. The average Bonchev–Trinajstić information content (AvgIpc) is 3.16. The number of nitrogens with one attached hydrogen (secondary N) is 1. The highest BCUT2D eigenvalue weighted by Crippen LogP contribution is 2.34. The number of benzene rings is 1. The van der Waals surface area contributed by atoms with Crippen molar-refractivity contribution in [1.82, 2.24) is 9.78 Å². The van der Waals surface area contributed by atoms with Gasteiger partial charge in [-0.05, 0) is 29.1 Å². The largest absolute Gasteiger partial charge is 0.418 e. The van der Waals surface area contributed by atoms with Crippen LogP contribution < -0.4 is 5.32 Å². The van der Waals surface area contributed by atoms with Gasteiger partial charge in [0.2, 0.25) is 0 Å². The van der Waals surface area contributed by atoms with E-state index in [0.29, 0.717) is 16.4 Å². The lowest BCUT2D eigenvalue weighted by Crippen LogP contribution is -2.15. The van der Waals surface area contributed by atoms with Crippen molar-refractivity contribution >= 4 is 34.5 Å². The molecular formula is C16H11ClF3N3OS. The molecule has 0 spiro atoms. The van der Waals surface area contributed by atoms with E-state index in [0.717, 1.165) is 23.0 Å². The number of hydrogen-bond acceptors (Lipinski definition) is 3. The molecule has 0 bridgehead atoms. The van der Waals surface area contributed by atoms with E-state index in [9.17, 15) is 18.0 Å². The quantitative estimate of drug-likeness (QED) is 0.693. The van der Waals surface area contributed by atoms with Crippen LogP contribution in [0.5, 0.6) is 0 Å². The average molecular weight is 386 g/mol. The highest BCUT2D eigenvalue weighted by molar-refractivity contribution is 7.12. The molecule has 4 nitrogen and oxygen atoms in total. The van der Waals surface area contributed by atoms with Crippen molar-refractivity contribution in [3.63, 3.8) is 0 Å². The summed E-state index contributed by atoms with van der Waals surface area (Å²) in [7, 11) is 0. The van der Waals surface area contributed by atoms with Gasteiger partial charge in [-0.25, -0.2) is 0 Å². The van der Waals surface area contributed by atoms with E-state index in [4.69, 9.17) is 11.6 Å². The molecular weight excluding hydrogens is 375 g/mol. The first-order valence-electron chi connectivity index (χ1n) is 7.06. The zero-order valence-corrected chi connectivity index (χ0v) is 14.1. The zero-order chi connectivity index (χ0) is 18.0. The van der Waals surface area contributed by atoms with Crippen LogP contribution in [0.3, 0.4) is 0 Å². The van der Waals surface area contributed by atoms with Gasteiger partial charge in [-0.1, -0.05) is 23.7 Å². The predicted octanol–water partition coefficient (Wildman–Crippen LogP) is 4.92. The number of anilines is 1. The molecule has 0 aliphatic rings. The monoisotopic (exact) mass is 385 g/mol. The fourth-order valence-corrected chi connectivity index (χ4v) is 3.17. The molecule has 25 heavy (non-hydrogen) atoms. The van der Waals surface area contributed by atoms with E-state index in [1.807, 2.05) is 0 Å². The molecule has 9 heteroatoms. The number of aromatic nitrogens is 2. The van der Waals surface area contributed by atoms with Gasteiger partial charge in [0.25, 0.3) is 5.91 Å². The third-order valence-electron chi connectivity index (χ3n) is 3.30. The number of amides is 1. The highest BCUT2D eigenvalue weighted by Gasteiger charge is 2.33. The molecule has 0 aliphatic heterocycles. The summed E-state index contributed by atoms with van der Waals surface area (Å²) in [6.45, 7) is 0.412. The van der Waals surface area contributed by atoms with Gasteiger partial charge in [0, 0.05) is 6.20 Å². The number of carbonyl (C=O) groups is 1. The summed E-state index contributed by atoms with van der Waals surface area (Å²) in [5, 5.41) is 8.61. The molecule has 1 N–H and O–H groups in total. The summed E-state index contributed by atoms with van der Waals surface area (Å²) in [5.41, 5.74) is -0.348. The Balaban J connectivity index is 1.75. The van der Waals surface area contributed by atoms with Gasteiger partial charge < -0.3 is 5.32 Å². The van der Waals surface area contributed by atoms with E-state index < -0.39 is 17.6 Å². The molecule has 0 unspecified atom stereocenters. The molecule has 0 saturated heterocycles. The maximum atomic E-state index is 13.0. The van der Waals surface area contributed by atoms with Gasteiger partial charge in [0.1, 0.15) is 0 Å². The highest BCUT2D eigenvalue weighted by atomic mass is 35.5. The van der Waals surface area contributed by atoms with Crippen molar-refractivity contribution in [2.45, 2.75) is 12.7 Å². The minimum atomic E-state index is -4.54. The van der Waals surface area contributed by atoms with E-state index in [1.54, 1.807) is 22.3 Å². The third kappa shape index (κ3) is 4.21. The van der Waals surface area contributed by atoms with Gasteiger partial charge in [-0.2, -0.15) is 18.3 Å². The predicted molar refractivity (Wildman–Crippen MR) is 90.1 cm³/mol. The summed E-state index contributed by atoms with van der Waals surface area (Å²) < 4.78 is 40.5. The number of nitrogens with zero attached hydrogens (tertiary/aromatic N) is 2. The van der Waals surface area contributed by atoms with Crippen molar-refractivity contribution in [2.24, 2.45) is 0 Å². The van der Waals surface area contributed by atoms with Crippen LogP contribution in [0.4, 0.5) is 18.9 Å². The Hall–Kier alpha value is -2.32. The van der Waals surface area contributed by atoms with Crippen LogP contribution in [-0.2, 0) is 12.7 Å². The first-order chi connectivity index (χ1) is 11.8. The van der Waals surface area contributed by atoms with Crippen LogP contribution in [0.1, 0.15) is 20.8 Å². The summed E-state index contributed by atoms with van der Waals surface area (Å²) in [5.74, 6) is -0.591. The number of carbonyl (C=O) groups excluding carboxylic acids is 1. The van der Waals surface area contributed by atoms with Crippen molar-refractivity contribution in [3.8, 4) is 0 Å². The van der Waals surface area contributed by atoms with Gasteiger partial charge >= 0.3 is 6.18 Å². The Bertz CT molecular complexity index is 904. The summed E-state index contributed by atoms with van der Waals surface area (Å²) >= 11 is 6.94. The fourth-order valence-electron chi connectivity index (χ4n) is 2.21. The maximum absolute atomic E-state index is 13.0. The van der Waals surface area contributed by atoms with Crippen LogP contribution >= 0.6 is 22.9 Å². The normalized spacial score (nSPS) is 11.5. The molecule has 3 aromatic rings. The van der Waals surface area contributed by atoms with Crippen molar-refractivity contribution < 1.29 is 18.0 Å². The molecule has 0 radical (unpaired) electrons. The lowest BCUT2D eigenvalue weighted by molar-refractivity contribution is -0.136. The lowest BCUT2D eigenvalue weighted by atomic mass is 10.1. The molecule has 1 aromatic carbocycles. The van der Waals surface area contributed by atoms with Crippen LogP contribution in [0.25, 0.3) is 0 Å². The Morgan fingerprint density at radius 1 is 1.32 bits per heavy atom. The second-order valence-corrected chi connectivity index (χ2v) is 6.52. The van der Waals surface area contributed by atoms with E-state index in [-0.39, 0.29) is 5.69 Å². The standard InChI is InChI=1S/C16H11ClF3N3OS/c17-11-6-21-23(8-11)7-10-5-14(25-9-10)15(24)22-13-4-2-1-3-12(13)16(18,19)20/h1-6,8-9H,7H2,(H,22,24). The molecule has 0 atom stereocenters.